The molecule has 182 valence electrons. The van der Waals surface area contributed by atoms with Gasteiger partial charge in [-0.25, -0.2) is 4.98 Å². The highest BCUT2D eigenvalue weighted by Gasteiger charge is 2.26. The molecule has 0 saturated carbocycles. The summed E-state index contributed by atoms with van der Waals surface area (Å²) in [6, 6.07) is 13.1. The van der Waals surface area contributed by atoms with Crippen molar-refractivity contribution in [2.45, 2.75) is 65.8 Å². The summed E-state index contributed by atoms with van der Waals surface area (Å²) in [6.45, 7) is 9.26. The lowest BCUT2D eigenvalue weighted by Gasteiger charge is -2.31. The maximum atomic E-state index is 13.8. The molecular formula is C28H37N3O3. The van der Waals surface area contributed by atoms with E-state index in [-0.39, 0.29) is 17.5 Å². The average molecular weight is 464 g/mol. The summed E-state index contributed by atoms with van der Waals surface area (Å²) in [5.41, 5.74) is 3.45. The molecule has 3 aromatic rings. The van der Waals surface area contributed by atoms with Crippen molar-refractivity contribution in [3.63, 3.8) is 0 Å². The number of para-hydroxylation sites is 1. The quantitative estimate of drug-likeness (QED) is 0.352. The van der Waals surface area contributed by atoms with Crippen LogP contribution in [0.4, 0.5) is 0 Å². The molecule has 1 heterocycles. The van der Waals surface area contributed by atoms with Gasteiger partial charge in [-0.05, 0) is 57.4 Å². The molecule has 0 radical (unpaired) electrons. The number of aryl methyl sites for hydroxylation is 2. The number of hydrogen-bond acceptors (Lipinski definition) is 4. The highest BCUT2D eigenvalue weighted by molar-refractivity contribution is 5.79. The molecule has 1 atom stereocenters. The Morgan fingerprint density at radius 2 is 1.88 bits per heavy atom. The third-order valence-electron chi connectivity index (χ3n) is 6.30. The second kappa shape index (κ2) is 11.9. The van der Waals surface area contributed by atoms with Crippen LogP contribution in [0.5, 0.6) is 0 Å². The summed E-state index contributed by atoms with van der Waals surface area (Å²) in [4.78, 5) is 33.9. The second-order valence-electron chi connectivity index (χ2n) is 8.98. The topological polar surface area (TPSA) is 64.4 Å². The van der Waals surface area contributed by atoms with Gasteiger partial charge in [0, 0.05) is 26.7 Å². The fraction of sp³-hybridized carbons (Fsp3) is 0.464. The van der Waals surface area contributed by atoms with E-state index in [0.29, 0.717) is 36.3 Å². The lowest BCUT2D eigenvalue weighted by Crippen LogP contribution is -2.38. The zero-order chi connectivity index (χ0) is 24.7. The number of amides is 1. The Morgan fingerprint density at radius 1 is 1.12 bits per heavy atom. The van der Waals surface area contributed by atoms with E-state index in [1.165, 1.54) is 0 Å². The molecule has 0 aliphatic carbocycles. The normalized spacial score (nSPS) is 12.1. The Morgan fingerprint density at radius 3 is 2.59 bits per heavy atom. The maximum absolute atomic E-state index is 13.8. The third kappa shape index (κ3) is 5.73. The minimum Gasteiger partial charge on any atom is -0.385 e. The molecule has 0 spiro atoms. The smallest absolute Gasteiger partial charge is 0.266 e. The second-order valence-corrected chi connectivity index (χ2v) is 8.98. The first-order valence-corrected chi connectivity index (χ1v) is 12.3. The monoisotopic (exact) mass is 463 g/mol. The van der Waals surface area contributed by atoms with Crippen molar-refractivity contribution in [1.29, 1.82) is 0 Å². The number of ether oxygens (including phenoxy) is 1. The van der Waals surface area contributed by atoms with Crippen molar-refractivity contribution in [3.8, 4) is 5.69 Å². The number of carbonyl (C=O) groups excluding carboxylic acids is 1. The molecule has 2 aromatic carbocycles. The van der Waals surface area contributed by atoms with Gasteiger partial charge in [0.2, 0.25) is 5.91 Å². The molecule has 1 unspecified atom stereocenters. The Hall–Kier alpha value is -2.99. The van der Waals surface area contributed by atoms with E-state index >= 15 is 0 Å². The highest BCUT2D eigenvalue weighted by Crippen LogP contribution is 2.26. The van der Waals surface area contributed by atoms with Crippen LogP contribution in [0.25, 0.3) is 16.6 Å². The Balaban J connectivity index is 2.15. The summed E-state index contributed by atoms with van der Waals surface area (Å²) in [5, 5.41) is 0.568. The van der Waals surface area contributed by atoms with E-state index in [2.05, 4.69) is 13.0 Å². The summed E-state index contributed by atoms with van der Waals surface area (Å²) < 4.78 is 6.94. The molecule has 34 heavy (non-hydrogen) atoms. The number of unbranched alkanes of at least 4 members (excludes halogenated alkanes) is 2. The molecule has 6 nitrogen and oxygen atoms in total. The third-order valence-corrected chi connectivity index (χ3v) is 6.30. The molecule has 3 rings (SSSR count). The summed E-state index contributed by atoms with van der Waals surface area (Å²) in [5.74, 6) is 0.670. The van der Waals surface area contributed by atoms with Crippen molar-refractivity contribution < 1.29 is 9.53 Å². The zero-order valence-electron chi connectivity index (χ0n) is 21.1. The van der Waals surface area contributed by atoms with Crippen LogP contribution in [-0.4, -0.2) is 40.6 Å². The van der Waals surface area contributed by atoms with E-state index in [0.717, 1.165) is 42.5 Å². The molecule has 0 fully saturated rings. The van der Waals surface area contributed by atoms with E-state index in [1.54, 1.807) is 11.7 Å². The van der Waals surface area contributed by atoms with Crippen LogP contribution in [0.2, 0.25) is 0 Å². The first-order chi connectivity index (χ1) is 16.4. The van der Waals surface area contributed by atoms with Gasteiger partial charge in [0.25, 0.3) is 5.56 Å². The molecule has 0 saturated heterocycles. The predicted molar refractivity (Wildman–Crippen MR) is 138 cm³/mol. The van der Waals surface area contributed by atoms with Crippen LogP contribution in [0.1, 0.15) is 68.9 Å². The van der Waals surface area contributed by atoms with Crippen LogP contribution >= 0.6 is 0 Å². The first-order valence-electron chi connectivity index (χ1n) is 12.3. The van der Waals surface area contributed by atoms with Gasteiger partial charge >= 0.3 is 0 Å². The molecule has 0 aliphatic heterocycles. The molecule has 6 heteroatoms. The lowest BCUT2D eigenvalue weighted by molar-refractivity contribution is -0.134. The fourth-order valence-electron chi connectivity index (χ4n) is 4.44. The summed E-state index contributed by atoms with van der Waals surface area (Å²) in [6.07, 6.45) is 4.16. The number of methoxy groups -OCH3 is 1. The van der Waals surface area contributed by atoms with Gasteiger partial charge in [0.15, 0.2) is 0 Å². The number of hydrogen-bond donors (Lipinski definition) is 0. The standard InChI is InChI=1S/C28H37N3O3/c1-6-7-8-14-26(32)30(17-11-18-34-5)22(4)27-29-24-13-10-9-12-23(24)28(33)31(27)25-16-15-20(2)19-21(25)3/h9-10,12-13,15-16,19,22H,6-8,11,14,17-18H2,1-5H3. The Kier molecular flexibility index (Phi) is 8.99. The van der Waals surface area contributed by atoms with Gasteiger partial charge < -0.3 is 9.64 Å². The van der Waals surface area contributed by atoms with Crippen LogP contribution < -0.4 is 5.56 Å². The number of fused-ring (bicyclic) bond motifs is 1. The zero-order valence-corrected chi connectivity index (χ0v) is 21.1. The number of aromatic nitrogens is 2. The van der Waals surface area contributed by atoms with Gasteiger partial charge in [-0.2, -0.15) is 0 Å². The molecule has 1 amide bonds. The largest absolute Gasteiger partial charge is 0.385 e. The van der Waals surface area contributed by atoms with Crippen molar-refractivity contribution in [1.82, 2.24) is 14.5 Å². The van der Waals surface area contributed by atoms with E-state index in [9.17, 15) is 9.59 Å². The first kappa shape index (κ1) is 25.6. The number of benzene rings is 2. The van der Waals surface area contributed by atoms with Crippen LogP contribution in [-0.2, 0) is 9.53 Å². The molecule has 1 aromatic heterocycles. The minimum absolute atomic E-state index is 0.0895. The molecule has 0 bridgehead atoms. The van der Waals surface area contributed by atoms with Crippen molar-refractivity contribution >= 4 is 16.8 Å². The van der Waals surface area contributed by atoms with Crippen LogP contribution in [0, 0.1) is 13.8 Å². The van der Waals surface area contributed by atoms with Gasteiger partial charge in [-0.1, -0.05) is 49.6 Å². The lowest BCUT2D eigenvalue weighted by atomic mass is 10.1. The molecule has 0 N–H and O–H groups in total. The van der Waals surface area contributed by atoms with Gasteiger partial charge in [-0.15, -0.1) is 0 Å². The number of nitrogens with zero attached hydrogens (tertiary/aromatic N) is 3. The molecular weight excluding hydrogens is 426 g/mol. The summed E-state index contributed by atoms with van der Waals surface area (Å²) >= 11 is 0. The fourth-order valence-corrected chi connectivity index (χ4v) is 4.44. The van der Waals surface area contributed by atoms with Crippen LogP contribution in [0.15, 0.2) is 47.3 Å². The van der Waals surface area contributed by atoms with Crippen molar-refractivity contribution in [2.75, 3.05) is 20.3 Å². The minimum atomic E-state index is -0.371. The van der Waals surface area contributed by atoms with Gasteiger partial charge in [0.1, 0.15) is 5.82 Å². The predicted octanol–water partition coefficient (Wildman–Crippen LogP) is 5.51. The Labute approximate surface area is 202 Å². The van der Waals surface area contributed by atoms with Crippen molar-refractivity contribution in [3.05, 3.63) is 69.8 Å². The number of carbonyl (C=O) groups is 1. The van der Waals surface area contributed by atoms with Gasteiger partial charge in [0.05, 0.1) is 22.6 Å². The molecule has 0 aliphatic rings. The maximum Gasteiger partial charge on any atom is 0.266 e. The average Bonchev–Trinajstić information content (AvgIpc) is 2.82. The number of rotatable bonds is 11. The highest BCUT2D eigenvalue weighted by atomic mass is 16.5. The van der Waals surface area contributed by atoms with E-state index < -0.39 is 0 Å². The van der Waals surface area contributed by atoms with Gasteiger partial charge in [-0.3, -0.25) is 14.2 Å². The summed E-state index contributed by atoms with van der Waals surface area (Å²) in [7, 11) is 1.67. The Bertz CT molecular complexity index is 1190. The van der Waals surface area contributed by atoms with E-state index in [1.807, 2.05) is 62.1 Å². The SMILES string of the molecule is CCCCCC(=O)N(CCCOC)C(C)c1nc2ccccc2c(=O)n1-c1ccc(C)cc1C. The van der Waals surface area contributed by atoms with Crippen LogP contribution in [0.3, 0.4) is 0 Å². The van der Waals surface area contributed by atoms with Crippen molar-refractivity contribution in [2.24, 2.45) is 0 Å². The van der Waals surface area contributed by atoms with E-state index in [4.69, 9.17) is 9.72 Å².